The summed E-state index contributed by atoms with van der Waals surface area (Å²) in [5, 5.41) is 15.8. The molecule has 0 fully saturated rings. The second-order valence-corrected chi connectivity index (χ2v) is 2.42. The normalized spacial score (nSPS) is 12.5. The number of nitrogens with two attached hydrogens (primary N) is 1. The minimum Gasteiger partial charge on any atom is -0.480 e. The van der Waals surface area contributed by atoms with Crippen molar-refractivity contribution in [2.24, 2.45) is 5.73 Å². The van der Waals surface area contributed by atoms with Crippen LogP contribution in [0.5, 0.6) is 0 Å². The Morgan fingerprint density at radius 2 is 2.25 bits per heavy atom. The summed E-state index contributed by atoms with van der Waals surface area (Å²) < 4.78 is 0. The highest BCUT2D eigenvalue weighted by molar-refractivity contribution is 5.74. The number of carboxylic acid groups (broad SMARTS) is 1. The van der Waals surface area contributed by atoms with Crippen molar-refractivity contribution in [2.45, 2.75) is 13.0 Å². The van der Waals surface area contributed by atoms with Gasteiger partial charge in [0.15, 0.2) is 0 Å². The Labute approximate surface area is 69.2 Å². The molecule has 0 aliphatic rings. The van der Waals surface area contributed by atoms with Crippen LogP contribution in [0.4, 0.5) is 0 Å². The molecule has 0 bridgehead atoms. The maximum Gasteiger partial charge on any atom is 0.326 e. The van der Waals surface area contributed by atoms with Crippen molar-refractivity contribution >= 4 is 5.97 Å². The summed E-state index contributed by atoms with van der Waals surface area (Å²) in [6.07, 6.45) is 0. The van der Waals surface area contributed by atoms with E-state index >= 15 is 0 Å². The molecule has 0 aliphatic carbocycles. The monoisotopic (exact) mass is 167 g/mol. The van der Waals surface area contributed by atoms with Crippen LogP contribution in [0.3, 0.4) is 0 Å². The lowest BCUT2D eigenvalue weighted by Gasteiger charge is -2.03. The fourth-order valence-corrected chi connectivity index (χ4v) is 0.702. The van der Waals surface area contributed by atoms with Gasteiger partial charge in [0.1, 0.15) is 6.04 Å². The summed E-state index contributed by atoms with van der Waals surface area (Å²) >= 11 is 0. The van der Waals surface area contributed by atoms with E-state index in [1.54, 1.807) is 19.1 Å². The molecule has 1 rings (SSSR count). The van der Waals surface area contributed by atoms with Crippen LogP contribution in [-0.4, -0.2) is 21.3 Å². The van der Waals surface area contributed by atoms with Gasteiger partial charge in [0, 0.05) is 0 Å². The largest absolute Gasteiger partial charge is 0.480 e. The maximum atomic E-state index is 10.4. The van der Waals surface area contributed by atoms with Crippen LogP contribution in [0.2, 0.25) is 0 Å². The summed E-state index contributed by atoms with van der Waals surface area (Å²) in [4.78, 5) is 10.4. The van der Waals surface area contributed by atoms with E-state index in [0.717, 1.165) is 5.69 Å². The minimum atomic E-state index is -1.10. The second-order valence-electron chi connectivity index (χ2n) is 2.42. The number of rotatable bonds is 2. The van der Waals surface area contributed by atoms with Crippen molar-refractivity contribution in [1.82, 2.24) is 10.2 Å². The Balaban J connectivity index is 2.89. The van der Waals surface area contributed by atoms with Crippen molar-refractivity contribution in [1.29, 1.82) is 0 Å². The summed E-state index contributed by atoms with van der Waals surface area (Å²) in [7, 11) is 0. The number of carboxylic acids is 1. The molecule has 5 nitrogen and oxygen atoms in total. The van der Waals surface area contributed by atoms with Crippen molar-refractivity contribution < 1.29 is 9.90 Å². The lowest BCUT2D eigenvalue weighted by molar-refractivity contribution is -0.138. The van der Waals surface area contributed by atoms with E-state index in [0.29, 0.717) is 0 Å². The van der Waals surface area contributed by atoms with Gasteiger partial charge in [-0.1, -0.05) is 0 Å². The van der Waals surface area contributed by atoms with E-state index in [9.17, 15) is 4.79 Å². The first-order chi connectivity index (χ1) is 5.61. The number of carbonyl (C=O) groups is 1. The Hall–Kier alpha value is -1.49. The van der Waals surface area contributed by atoms with Crippen molar-refractivity contribution in [3.8, 4) is 0 Å². The highest BCUT2D eigenvalue weighted by atomic mass is 16.4. The molecular formula is C7H9N3O2. The van der Waals surface area contributed by atoms with Gasteiger partial charge in [-0.15, -0.1) is 0 Å². The molecule has 1 aromatic heterocycles. The lowest BCUT2D eigenvalue weighted by atomic mass is 10.2. The number of aliphatic carboxylic acids is 1. The zero-order chi connectivity index (χ0) is 9.14. The molecule has 1 unspecified atom stereocenters. The first kappa shape index (κ1) is 8.61. The molecule has 0 spiro atoms. The molecule has 1 atom stereocenters. The van der Waals surface area contributed by atoms with Gasteiger partial charge in [-0.25, -0.2) is 0 Å². The molecule has 0 aliphatic heterocycles. The molecular weight excluding hydrogens is 158 g/mol. The van der Waals surface area contributed by atoms with Crippen LogP contribution in [-0.2, 0) is 4.79 Å². The van der Waals surface area contributed by atoms with Gasteiger partial charge in [-0.2, -0.15) is 10.2 Å². The molecule has 0 saturated heterocycles. The van der Waals surface area contributed by atoms with Crippen molar-refractivity contribution in [3.05, 3.63) is 23.5 Å². The van der Waals surface area contributed by atoms with Crippen LogP contribution in [0.15, 0.2) is 12.1 Å². The standard InChI is InChI=1S/C7H9N3O2/c1-4-2-3-5(10-9-4)6(8)7(11)12/h2-3,6H,8H2,1H3,(H,11,12). The van der Waals surface area contributed by atoms with Crippen LogP contribution in [0.1, 0.15) is 17.4 Å². The van der Waals surface area contributed by atoms with E-state index in [4.69, 9.17) is 10.8 Å². The predicted octanol–water partition coefficient (Wildman–Crippen LogP) is -0.131. The summed E-state index contributed by atoms with van der Waals surface area (Å²) in [6, 6.07) is 2.14. The molecule has 0 saturated carbocycles. The van der Waals surface area contributed by atoms with Crippen LogP contribution < -0.4 is 5.73 Å². The van der Waals surface area contributed by atoms with Crippen LogP contribution >= 0.6 is 0 Å². The third-order valence-corrected chi connectivity index (χ3v) is 1.40. The number of hydrogen-bond donors (Lipinski definition) is 2. The molecule has 1 heterocycles. The van der Waals surface area contributed by atoms with Gasteiger partial charge in [-0.3, -0.25) is 4.79 Å². The summed E-state index contributed by atoms with van der Waals surface area (Å²) in [5.41, 5.74) is 6.29. The highest BCUT2D eigenvalue weighted by Gasteiger charge is 2.15. The number of aromatic nitrogens is 2. The molecule has 64 valence electrons. The molecule has 5 heteroatoms. The molecule has 0 radical (unpaired) electrons. The number of hydrogen-bond acceptors (Lipinski definition) is 4. The maximum absolute atomic E-state index is 10.4. The molecule has 1 aromatic rings. The smallest absolute Gasteiger partial charge is 0.326 e. The molecule has 12 heavy (non-hydrogen) atoms. The minimum absolute atomic E-state index is 0.271. The lowest BCUT2D eigenvalue weighted by Crippen LogP contribution is -2.22. The van der Waals surface area contributed by atoms with Gasteiger partial charge in [0.2, 0.25) is 0 Å². The SMILES string of the molecule is Cc1ccc(C(N)C(=O)O)nn1. The average Bonchev–Trinajstić information content (AvgIpc) is 2.04. The zero-order valence-electron chi connectivity index (χ0n) is 6.56. The first-order valence-corrected chi connectivity index (χ1v) is 3.40. The Morgan fingerprint density at radius 3 is 2.67 bits per heavy atom. The van der Waals surface area contributed by atoms with Crippen LogP contribution in [0, 0.1) is 6.92 Å². The predicted molar refractivity (Wildman–Crippen MR) is 41.3 cm³/mol. The van der Waals surface area contributed by atoms with Gasteiger partial charge in [-0.05, 0) is 19.1 Å². The second kappa shape index (κ2) is 3.27. The quantitative estimate of drug-likeness (QED) is 0.640. The van der Waals surface area contributed by atoms with Gasteiger partial charge < -0.3 is 10.8 Å². The Kier molecular flexibility index (Phi) is 2.35. The number of aryl methyl sites for hydroxylation is 1. The first-order valence-electron chi connectivity index (χ1n) is 3.40. The van der Waals surface area contributed by atoms with Crippen molar-refractivity contribution in [2.75, 3.05) is 0 Å². The van der Waals surface area contributed by atoms with E-state index in [2.05, 4.69) is 10.2 Å². The third kappa shape index (κ3) is 1.76. The van der Waals surface area contributed by atoms with Crippen molar-refractivity contribution in [3.63, 3.8) is 0 Å². The highest BCUT2D eigenvalue weighted by Crippen LogP contribution is 2.05. The van der Waals surface area contributed by atoms with Crippen LogP contribution in [0.25, 0.3) is 0 Å². The number of nitrogens with zero attached hydrogens (tertiary/aromatic N) is 2. The molecule has 3 N–H and O–H groups in total. The van der Waals surface area contributed by atoms with Gasteiger partial charge in [0.05, 0.1) is 11.4 Å². The van der Waals surface area contributed by atoms with Gasteiger partial charge >= 0.3 is 5.97 Å². The fraction of sp³-hybridized carbons (Fsp3) is 0.286. The van der Waals surface area contributed by atoms with E-state index in [1.807, 2.05) is 0 Å². The summed E-state index contributed by atoms with van der Waals surface area (Å²) in [5.74, 6) is -1.10. The topological polar surface area (TPSA) is 89.1 Å². The van der Waals surface area contributed by atoms with Gasteiger partial charge in [0.25, 0.3) is 0 Å². The zero-order valence-corrected chi connectivity index (χ0v) is 6.56. The van der Waals surface area contributed by atoms with E-state index in [1.165, 1.54) is 0 Å². The molecule has 0 aromatic carbocycles. The fourth-order valence-electron chi connectivity index (χ4n) is 0.702. The third-order valence-electron chi connectivity index (χ3n) is 1.40. The van der Waals surface area contributed by atoms with E-state index in [-0.39, 0.29) is 5.69 Å². The average molecular weight is 167 g/mol. The summed E-state index contributed by atoms with van der Waals surface area (Å²) in [6.45, 7) is 1.77. The Morgan fingerprint density at radius 1 is 1.58 bits per heavy atom. The van der Waals surface area contributed by atoms with E-state index < -0.39 is 12.0 Å². The Bertz CT molecular complexity index is 283. The molecule has 0 amide bonds.